The number of halogens is 3. The van der Waals surface area contributed by atoms with Gasteiger partial charge in [-0.2, -0.15) is 18.3 Å². The summed E-state index contributed by atoms with van der Waals surface area (Å²) in [6.07, 6.45) is -4.46. The summed E-state index contributed by atoms with van der Waals surface area (Å²) in [6.45, 7) is -0.442. The highest BCUT2D eigenvalue weighted by molar-refractivity contribution is 5.66. The highest BCUT2D eigenvalue weighted by Crippen LogP contribution is 2.34. The summed E-state index contributed by atoms with van der Waals surface area (Å²) in [7, 11) is 0. The van der Waals surface area contributed by atoms with E-state index < -0.39 is 24.4 Å². The van der Waals surface area contributed by atoms with E-state index in [0.717, 1.165) is 4.68 Å². The van der Waals surface area contributed by atoms with Crippen LogP contribution in [0.4, 0.5) is 13.2 Å². The number of aromatic nitrogens is 2. The summed E-state index contributed by atoms with van der Waals surface area (Å²) in [5, 5.41) is 11.9. The number of carbonyl (C=O) groups is 1. The Morgan fingerprint density at radius 3 is 2.82 bits per heavy atom. The minimum absolute atomic E-state index is 0.0360. The first-order chi connectivity index (χ1) is 7.89. The first-order valence-corrected chi connectivity index (χ1v) is 4.85. The number of rotatable bonds is 2. The molecule has 1 aromatic rings. The summed E-state index contributed by atoms with van der Waals surface area (Å²) < 4.78 is 43.9. The van der Waals surface area contributed by atoms with Gasteiger partial charge >= 0.3 is 12.1 Å². The average molecular weight is 250 g/mol. The van der Waals surface area contributed by atoms with Crippen LogP contribution in [0.2, 0.25) is 0 Å². The van der Waals surface area contributed by atoms with Crippen molar-refractivity contribution in [3.05, 3.63) is 17.0 Å². The van der Waals surface area contributed by atoms with E-state index >= 15 is 0 Å². The van der Waals surface area contributed by atoms with E-state index in [1.165, 1.54) is 0 Å². The van der Waals surface area contributed by atoms with Crippen molar-refractivity contribution >= 4 is 5.97 Å². The molecule has 0 aliphatic carbocycles. The Morgan fingerprint density at radius 2 is 2.24 bits per heavy atom. The number of alkyl halides is 3. The smallest absolute Gasteiger partial charge is 0.435 e. The molecule has 2 heterocycles. The Bertz CT molecular complexity index is 453. The summed E-state index contributed by atoms with van der Waals surface area (Å²) in [6, 6.07) is 0. The van der Waals surface area contributed by atoms with E-state index in [-0.39, 0.29) is 30.9 Å². The maximum atomic E-state index is 12.7. The Labute approximate surface area is 93.8 Å². The average Bonchev–Trinajstić information content (AvgIpc) is 2.56. The number of ether oxygens (including phenoxy) is 1. The van der Waals surface area contributed by atoms with Crippen molar-refractivity contribution in [3.8, 4) is 0 Å². The number of carboxylic acids is 1. The molecule has 0 bridgehead atoms. The zero-order valence-corrected chi connectivity index (χ0v) is 8.62. The van der Waals surface area contributed by atoms with Gasteiger partial charge in [-0.3, -0.25) is 9.48 Å². The molecule has 0 fully saturated rings. The zero-order chi connectivity index (χ0) is 12.6. The van der Waals surface area contributed by atoms with Gasteiger partial charge in [0.1, 0.15) is 6.54 Å². The van der Waals surface area contributed by atoms with Gasteiger partial charge in [-0.05, 0) is 6.42 Å². The number of carboxylic acid groups (broad SMARTS) is 1. The van der Waals surface area contributed by atoms with Crippen LogP contribution in [0.25, 0.3) is 0 Å². The minimum Gasteiger partial charge on any atom is -0.480 e. The Morgan fingerprint density at radius 1 is 1.53 bits per heavy atom. The molecule has 0 atom stereocenters. The molecule has 1 aliphatic rings. The molecule has 0 unspecified atom stereocenters. The lowest BCUT2D eigenvalue weighted by Crippen LogP contribution is -2.17. The molecule has 94 valence electrons. The largest absolute Gasteiger partial charge is 0.480 e. The van der Waals surface area contributed by atoms with Crippen LogP contribution in [0, 0.1) is 0 Å². The normalized spacial score (nSPS) is 15.7. The van der Waals surface area contributed by atoms with Crippen LogP contribution in [-0.4, -0.2) is 27.5 Å². The first kappa shape index (κ1) is 11.9. The lowest BCUT2D eigenvalue weighted by Gasteiger charge is -2.14. The Hall–Kier alpha value is -1.57. The molecule has 0 aromatic carbocycles. The monoisotopic (exact) mass is 250 g/mol. The number of fused-ring (bicyclic) bond motifs is 1. The second-order valence-corrected chi connectivity index (χ2v) is 3.63. The highest BCUT2D eigenvalue weighted by atomic mass is 19.4. The quantitative estimate of drug-likeness (QED) is 0.852. The van der Waals surface area contributed by atoms with Gasteiger partial charge in [0.15, 0.2) is 5.69 Å². The van der Waals surface area contributed by atoms with Crippen molar-refractivity contribution < 1.29 is 27.8 Å². The van der Waals surface area contributed by atoms with E-state index in [0.29, 0.717) is 0 Å². The van der Waals surface area contributed by atoms with E-state index in [9.17, 15) is 18.0 Å². The Balaban J connectivity index is 2.47. The lowest BCUT2D eigenvalue weighted by atomic mass is 10.1. The third-order valence-electron chi connectivity index (χ3n) is 2.46. The van der Waals surface area contributed by atoms with Crippen molar-refractivity contribution in [1.29, 1.82) is 0 Å². The van der Waals surface area contributed by atoms with Gasteiger partial charge in [0.25, 0.3) is 0 Å². The SMILES string of the molecule is O=C(O)Cn1nc(C(F)(F)F)c2c1COCC2. The molecular formula is C9H9F3N2O3. The Kier molecular flexibility index (Phi) is 2.82. The molecule has 0 amide bonds. The fraction of sp³-hybridized carbons (Fsp3) is 0.556. The molecule has 0 saturated carbocycles. The molecule has 1 aliphatic heterocycles. The molecule has 0 saturated heterocycles. The van der Waals surface area contributed by atoms with Crippen LogP contribution in [-0.2, 0) is 35.3 Å². The van der Waals surface area contributed by atoms with Crippen molar-refractivity contribution in [2.75, 3.05) is 6.61 Å². The third kappa shape index (κ3) is 2.26. The van der Waals surface area contributed by atoms with E-state index in [1.54, 1.807) is 0 Å². The summed E-state index contributed by atoms with van der Waals surface area (Å²) >= 11 is 0. The van der Waals surface area contributed by atoms with Gasteiger partial charge in [0, 0.05) is 5.56 Å². The fourth-order valence-electron chi connectivity index (χ4n) is 1.79. The van der Waals surface area contributed by atoms with Crippen LogP contribution in [0.15, 0.2) is 0 Å². The molecule has 5 nitrogen and oxygen atoms in total. The van der Waals surface area contributed by atoms with Crippen molar-refractivity contribution in [2.45, 2.75) is 25.7 Å². The second-order valence-electron chi connectivity index (χ2n) is 3.63. The molecule has 0 radical (unpaired) electrons. The van der Waals surface area contributed by atoms with Crippen molar-refractivity contribution in [3.63, 3.8) is 0 Å². The summed E-state index contributed by atoms with van der Waals surface area (Å²) in [5.74, 6) is -1.24. The maximum Gasteiger partial charge on any atom is 0.435 e. The van der Waals surface area contributed by atoms with E-state index in [2.05, 4.69) is 5.10 Å². The molecular weight excluding hydrogens is 241 g/mol. The summed E-state index contributed by atoms with van der Waals surface area (Å²) in [4.78, 5) is 10.5. The third-order valence-corrected chi connectivity index (χ3v) is 2.46. The van der Waals surface area contributed by atoms with Gasteiger partial charge < -0.3 is 9.84 Å². The molecule has 2 rings (SSSR count). The van der Waals surface area contributed by atoms with Gasteiger partial charge in [0.05, 0.1) is 18.9 Å². The lowest BCUT2D eigenvalue weighted by molar-refractivity contribution is -0.143. The molecule has 0 spiro atoms. The van der Waals surface area contributed by atoms with Crippen LogP contribution in [0.1, 0.15) is 17.0 Å². The van der Waals surface area contributed by atoms with E-state index in [4.69, 9.17) is 9.84 Å². The van der Waals surface area contributed by atoms with Crippen LogP contribution in [0.5, 0.6) is 0 Å². The summed E-state index contributed by atoms with van der Waals surface area (Å²) in [5.41, 5.74) is -0.756. The van der Waals surface area contributed by atoms with Crippen LogP contribution < -0.4 is 0 Å². The van der Waals surface area contributed by atoms with Gasteiger partial charge in [-0.25, -0.2) is 0 Å². The molecule has 1 aromatic heterocycles. The standard InChI is InChI=1S/C9H9F3N2O3/c10-9(11,12)8-5-1-2-17-4-6(5)14(13-8)3-7(15)16/h1-4H2,(H,15,16). The fourth-order valence-corrected chi connectivity index (χ4v) is 1.79. The van der Waals surface area contributed by atoms with E-state index in [1.807, 2.05) is 0 Å². The predicted octanol–water partition coefficient (Wildman–Crippen LogP) is 1.06. The highest BCUT2D eigenvalue weighted by Gasteiger charge is 2.39. The maximum absolute atomic E-state index is 12.7. The predicted molar refractivity (Wildman–Crippen MR) is 48.2 cm³/mol. The molecule has 1 N–H and O–H groups in total. The van der Waals surface area contributed by atoms with Gasteiger partial charge in [-0.15, -0.1) is 0 Å². The number of aliphatic carboxylic acids is 1. The van der Waals surface area contributed by atoms with Crippen molar-refractivity contribution in [2.24, 2.45) is 0 Å². The van der Waals surface area contributed by atoms with Gasteiger partial charge in [-0.1, -0.05) is 0 Å². The van der Waals surface area contributed by atoms with Crippen LogP contribution >= 0.6 is 0 Å². The second kappa shape index (κ2) is 4.02. The molecule has 8 heteroatoms. The number of hydrogen-bond donors (Lipinski definition) is 1. The van der Waals surface area contributed by atoms with Crippen molar-refractivity contribution in [1.82, 2.24) is 9.78 Å². The van der Waals surface area contributed by atoms with Crippen LogP contribution in [0.3, 0.4) is 0 Å². The molecule has 17 heavy (non-hydrogen) atoms. The number of hydrogen-bond acceptors (Lipinski definition) is 3. The van der Waals surface area contributed by atoms with Gasteiger partial charge in [0.2, 0.25) is 0 Å². The zero-order valence-electron chi connectivity index (χ0n) is 8.62. The first-order valence-electron chi connectivity index (χ1n) is 4.85. The number of nitrogens with zero attached hydrogens (tertiary/aromatic N) is 2. The topological polar surface area (TPSA) is 64.3 Å². The minimum atomic E-state index is -4.56.